The van der Waals surface area contributed by atoms with Crippen molar-refractivity contribution in [3.63, 3.8) is 0 Å². The molecule has 0 spiro atoms. The van der Waals surface area contributed by atoms with Crippen molar-refractivity contribution in [1.29, 1.82) is 0 Å². The topological polar surface area (TPSA) is 59.0 Å². The summed E-state index contributed by atoms with van der Waals surface area (Å²) in [6, 6.07) is 12.0. The first-order chi connectivity index (χ1) is 10.2. The minimum Gasteiger partial charge on any atom is -0.351 e. The van der Waals surface area contributed by atoms with Gasteiger partial charge in [-0.2, -0.15) is 5.10 Å². The molecule has 2 N–H and O–H groups in total. The van der Waals surface area contributed by atoms with Crippen LogP contribution < -0.4 is 10.6 Å². The van der Waals surface area contributed by atoms with Gasteiger partial charge >= 0.3 is 0 Å². The Hall–Kier alpha value is -2.14. The number of carbonyl (C=O) groups excluding carboxylic acids is 1. The van der Waals surface area contributed by atoms with Gasteiger partial charge in [-0.05, 0) is 18.1 Å². The van der Waals surface area contributed by atoms with Gasteiger partial charge in [-0.3, -0.25) is 9.48 Å². The van der Waals surface area contributed by atoms with Crippen LogP contribution in [-0.2, 0) is 31.4 Å². The molecule has 0 unspecified atom stereocenters. The molecule has 1 aromatic heterocycles. The summed E-state index contributed by atoms with van der Waals surface area (Å²) in [5.41, 5.74) is 3.26. The van der Waals surface area contributed by atoms with E-state index in [0.29, 0.717) is 19.6 Å². The molecule has 0 aliphatic carbocycles. The van der Waals surface area contributed by atoms with E-state index in [1.165, 1.54) is 0 Å². The molecule has 0 bridgehead atoms. The van der Waals surface area contributed by atoms with Crippen molar-refractivity contribution in [3.05, 3.63) is 53.3 Å². The highest BCUT2D eigenvalue weighted by Crippen LogP contribution is 2.03. The van der Waals surface area contributed by atoms with Crippen LogP contribution >= 0.6 is 0 Å². The van der Waals surface area contributed by atoms with Gasteiger partial charge in [0.25, 0.3) is 0 Å². The second-order valence-corrected chi connectivity index (χ2v) is 4.97. The third kappa shape index (κ3) is 4.72. The largest absolute Gasteiger partial charge is 0.351 e. The molecule has 0 radical (unpaired) electrons. The molecule has 1 aromatic carbocycles. The lowest BCUT2D eigenvalue weighted by atomic mass is 10.2. The zero-order valence-electron chi connectivity index (χ0n) is 12.6. The highest BCUT2D eigenvalue weighted by molar-refractivity contribution is 5.77. The Morgan fingerprint density at radius 1 is 1.24 bits per heavy atom. The molecule has 5 nitrogen and oxygen atoms in total. The Morgan fingerprint density at radius 3 is 2.67 bits per heavy atom. The Balaban J connectivity index is 1.70. The fraction of sp³-hybridized carbons (Fsp3) is 0.375. The average Bonchev–Trinajstić information content (AvgIpc) is 2.87. The number of aryl methyl sites for hydroxylation is 2. The molecule has 112 valence electrons. The summed E-state index contributed by atoms with van der Waals surface area (Å²) < 4.78 is 1.85. The first kappa shape index (κ1) is 15.3. The molecule has 0 saturated heterocycles. The molecule has 0 aliphatic heterocycles. The van der Waals surface area contributed by atoms with Gasteiger partial charge in [0.1, 0.15) is 0 Å². The summed E-state index contributed by atoms with van der Waals surface area (Å²) in [5, 5.41) is 10.4. The Kier molecular flexibility index (Phi) is 5.51. The minimum absolute atomic E-state index is 0.00302. The van der Waals surface area contributed by atoms with E-state index in [2.05, 4.69) is 28.7 Å². The minimum atomic E-state index is -0.00302. The zero-order chi connectivity index (χ0) is 15.1. The van der Waals surface area contributed by atoms with Gasteiger partial charge in [0, 0.05) is 20.1 Å². The van der Waals surface area contributed by atoms with E-state index < -0.39 is 0 Å². The Labute approximate surface area is 125 Å². The van der Waals surface area contributed by atoms with Crippen molar-refractivity contribution in [3.8, 4) is 0 Å². The fourth-order valence-corrected chi connectivity index (χ4v) is 2.07. The maximum atomic E-state index is 11.8. The lowest BCUT2D eigenvalue weighted by molar-refractivity contribution is -0.120. The van der Waals surface area contributed by atoms with Crippen molar-refractivity contribution in [2.75, 3.05) is 6.54 Å². The monoisotopic (exact) mass is 286 g/mol. The molecule has 0 fully saturated rings. The van der Waals surface area contributed by atoms with E-state index in [1.807, 2.05) is 42.1 Å². The van der Waals surface area contributed by atoms with Crippen LogP contribution in [0.2, 0.25) is 0 Å². The number of hydrogen-bond acceptors (Lipinski definition) is 3. The van der Waals surface area contributed by atoms with Gasteiger partial charge in [-0.25, -0.2) is 0 Å². The Morgan fingerprint density at radius 2 is 2.00 bits per heavy atom. The van der Waals surface area contributed by atoms with Crippen molar-refractivity contribution in [1.82, 2.24) is 20.4 Å². The normalized spacial score (nSPS) is 10.6. The molecule has 0 aliphatic rings. The second kappa shape index (κ2) is 7.59. The molecule has 2 rings (SSSR count). The van der Waals surface area contributed by atoms with Gasteiger partial charge in [0.05, 0.1) is 17.9 Å². The van der Waals surface area contributed by atoms with Gasteiger partial charge in [0.15, 0.2) is 0 Å². The third-order valence-electron chi connectivity index (χ3n) is 3.31. The van der Waals surface area contributed by atoms with Crippen LogP contribution in [0.15, 0.2) is 36.4 Å². The summed E-state index contributed by atoms with van der Waals surface area (Å²) >= 11 is 0. The first-order valence-electron chi connectivity index (χ1n) is 7.22. The van der Waals surface area contributed by atoms with Crippen molar-refractivity contribution < 1.29 is 4.79 Å². The van der Waals surface area contributed by atoms with E-state index in [0.717, 1.165) is 23.4 Å². The molecular formula is C16H22N4O. The quantitative estimate of drug-likeness (QED) is 0.808. The van der Waals surface area contributed by atoms with Gasteiger partial charge < -0.3 is 10.6 Å². The van der Waals surface area contributed by atoms with Crippen molar-refractivity contribution in [2.24, 2.45) is 7.05 Å². The molecule has 0 atom stereocenters. The maximum Gasteiger partial charge on any atom is 0.234 e. The van der Waals surface area contributed by atoms with E-state index in [4.69, 9.17) is 0 Å². The highest BCUT2D eigenvalue weighted by Gasteiger charge is 2.05. The van der Waals surface area contributed by atoms with Gasteiger partial charge in [0.2, 0.25) is 5.91 Å². The van der Waals surface area contributed by atoms with E-state index in [-0.39, 0.29) is 5.91 Å². The number of nitrogens with one attached hydrogen (secondary N) is 2. The molecule has 1 amide bonds. The number of aromatic nitrogens is 2. The lowest BCUT2D eigenvalue weighted by Gasteiger charge is -2.07. The van der Waals surface area contributed by atoms with E-state index in [9.17, 15) is 4.79 Å². The van der Waals surface area contributed by atoms with Crippen molar-refractivity contribution in [2.45, 2.75) is 26.4 Å². The van der Waals surface area contributed by atoms with E-state index in [1.54, 1.807) is 0 Å². The van der Waals surface area contributed by atoms with Crippen LogP contribution in [-0.4, -0.2) is 22.2 Å². The van der Waals surface area contributed by atoms with Crippen LogP contribution in [0.25, 0.3) is 0 Å². The Bertz CT molecular complexity index is 577. The number of amides is 1. The summed E-state index contributed by atoms with van der Waals surface area (Å²) in [5.74, 6) is -0.00302. The van der Waals surface area contributed by atoms with Crippen LogP contribution in [0, 0.1) is 0 Å². The lowest BCUT2D eigenvalue weighted by Crippen LogP contribution is -2.33. The number of hydrogen-bond donors (Lipinski definition) is 2. The predicted octanol–water partition coefficient (Wildman–Crippen LogP) is 1.39. The third-order valence-corrected chi connectivity index (χ3v) is 3.31. The number of carbonyl (C=O) groups is 1. The van der Waals surface area contributed by atoms with Crippen molar-refractivity contribution >= 4 is 5.91 Å². The van der Waals surface area contributed by atoms with Crippen LogP contribution in [0.5, 0.6) is 0 Å². The summed E-state index contributed by atoms with van der Waals surface area (Å²) in [4.78, 5) is 11.8. The van der Waals surface area contributed by atoms with Crippen LogP contribution in [0.4, 0.5) is 0 Å². The molecule has 21 heavy (non-hydrogen) atoms. The standard InChI is InChI=1S/C16H22N4O/c1-3-14-9-15(20(2)19-14)11-17-12-16(21)18-10-13-7-5-4-6-8-13/h4-9,17H,3,10-12H2,1-2H3,(H,18,21). The summed E-state index contributed by atoms with van der Waals surface area (Å²) in [6.45, 7) is 3.59. The molecule has 0 saturated carbocycles. The second-order valence-electron chi connectivity index (χ2n) is 4.97. The number of rotatable bonds is 7. The average molecular weight is 286 g/mol. The van der Waals surface area contributed by atoms with Crippen LogP contribution in [0.1, 0.15) is 23.9 Å². The van der Waals surface area contributed by atoms with Gasteiger partial charge in [-0.1, -0.05) is 37.3 Å². The van der Waals surface area contributed by atoms with E-state index >= 15 is 0 Å². The number of benzene rings is 1. The fourth-order valence-electron chi connectivity index (χ4n) is 2.07. The van der Waals surface area contributed by atoms with Gasteiger partial charge in [-0.15, -0.1) is 0 Å². The number of nitrogens with zero attached hydrogens (tertiary/aromatic N) is 2. The van der Waals surface area contributed by atoms with Crippen LogP contribution in [0.3, 0.4) is 0 Å². The smallest absolute Gasteiger partial charge is 0.234 e. The maximum absolute atomic E-state index is 11.8. The summed E-state index contributed by atoms with van der Waals surface area (Å²) in [6.07, 6.45) is 0.922. The summed E-state index contributed by atoms with van der Waals surface area (Å²) in [7, 11) is 1.92. The molecular weight excluding hydrogens is 264 g/mol. The predicted molar refractivity (Wildman–Crippen MR) is 82.6 cm³/mol. The first-order valence-corrected chi connectivity index (χ1v) is 7.22. The highest BCUT2D eigenvalue weighted by atomic mass is 16.1. The SMILES string of the molecule is CCc1cc(CNCC(=O)NCc2ccccc2)n(C)n1. The zero-order valence-corrected chi connectivity index (χ0v) is 12.6. The molecule has 5 heteroatoms. The molecule has 1 heterocycles. The molecule has 2 aromatic rings.